The Kier molecular flexibility index (Phi) is 5.42. The lowest BCUT2D eigenvalue weighted by molar-refractivity contribution is -0.119. The van der Waals surface area contributed by atoms with Crippen LogP contribution in [0.25, 0.3) is 11.1 Å². The number of amides is 2. The van der Waals surface area contributed by atoms with Crippen LogP contribution in [0.5, 0.6) is 0 Å². The molecule has 0 spiro atoms. The van der Waals surface area contributed by atoms with Crippen molar-refractivity contribution < 1.29 is 18.5 Å². The van der Waals surface area contributed by atoms with Gasteiger partial charge in [0.1, 0.15) is 5.52 Å². The Hall–Kier alpha value is -3.94. The molecule has 2 heterocycles. The van der Waals surface area contributed by atoms with Gasteiger partial charge < -0.3 is 19.6 Å². The lowest BCUT2D eigenvalue weighted by Crippen LogP contribution is -2.23. The number of benzene rings is 2. The van der Waals surface area contributed by atoms with Crippen molar-refractivity contribution in [3.8, 4) is 0 Å². The molecule has 0 unspecified atom stereocenters. The molecule has 2 amide bonds. The first kappa shape index (κ1) is 20.9. The van der Waals surface area contributed by atoms with Crippen LogP contribution in [0.2, 0.25) is 0 Å². The van der Waals surface area contributed by atoms with Crippen LogP contribution in [0.3, 0.4) is 0 Å². The van der Waals surface area contributed by atoms with Crippen molar-refractivity contribution >= 4 is 28.6 Å². The fraction of sp³-hybridized carbons (Fsp3) is 0.280. The van der Waals surface area contributed by atoms with Crippen molar-refractivity contribution in [1.82, 2.24) is 15.5 Å². The summed E-state index contributed by atoms with van der Waals surface area (Å²) in [5.74, 6) is 1.54. The highest BCUT2D eigenvalue weighted by Gasteiger charge is 2.37. The van der Waals surface area contributed by atoms with Gasteiger partial charge in [0.05, 0.1) is 11.7 Å². The predicted octanol–water partition coefficient (Wildman–Crippen LogP) is 4.93. The van der Waals surface area contributed by atoms with Gasteiger partial charge in [-0.15, -0.1) is 0 Å². The summed E-state index contributed by atoms with van der Waals surface area (Å²) in [4.78, 5) is 28.3. The molecule has 168 valence electrons. The van der Waals surface area contributed by atoms with Crippen LogP contribution in [-0.4, -0.2) is 22.0 Å². The zero-order valence-electron chi connectivity index (χ0n) is 18.4. The Labute approximate surface area is 190 Å². The monoisotopic (exact) mass is 444 g/mol. The van der Waals surface area contributed by atoms with Gasteiger partial charge in [0.2, 0.25) is 5.91 Å². The minimum Gasteiger partial charge on any atom is -0.440 e. The number of nitrogens with one attached hydrogen (secondary N) is 2. The molecule has 1 aliphatic rings. The summed E-state index contributed by atoms with van der Waals surface area (Å²) in [7, 11) is 0. The van der Waals surface area contributed by atoms with Gasteiger partial charge >= 0.3 is 0 Å². The number of fused-ring (bicyclic) bond motifs is 1. The topological polar surface area (TPSA) is 110 Å². The molecule has 1 atom stereocenters. The van der Waals surface area contributed by atoms with Crippen molar-refractivity contribution in [2.45, 2.75) is 44.6 Å². The molecule has 1 aliphatic carbocycles. The molecule has 0 aliphatic heterocycles. The van der Waals surface area contributed by atoms with Crippen molar-refractivity contribution in [1.29, 1.82) is 0 Å². The molecule has 2 aromatic carbocycles. The summed E-state index contributed by atoms with van der Waals surface area (Å²) in [6, 6.07) is 16.2. The van der Waals surface area contributed by atoms with E-state index in [0.29, 0.717) is 28.5 Å². The van der Waals surface area contributed by atoms with Crippen LogP contribution >= 0.6 is 0 Å². The van der Waals surface area contributed by atoms with Crippen LogP contribution < -0.4 is 10.6 Å². The predicted molar refractivity (Wildman–Crippen MR) is 122 cm³/mol. The van der Waals surface area contributed by atoms with Gasteiger partial charge in [0, 0.05) is 42.1 Å². The third-order valence-electron chi connectivity index (χ3n) is 6.00. The number of carbonyl (C=O) groups excluding carboxylic acids is 2. The van der Waals surface area contributed by atoms with Crippen LogP contribution in [0.15, 0.2) is 63.5 Å². The summed E-state index contributed by atoms with van der Waals surface area (Å²) in [5.41, 5.74) is 3.56. The number of hydrogen-bond acceptors (Lipinski definition) is 6. The Balaban J connectivity index is 1.23. The third kappa shape index (κ3) is 4.37. The summed E-state index contributed by atoms with van der Waals surface area (Å²) in [6.07, 6.45) is 1.73. The second kappa shape index (κ2) is 8.54. The summed E-state index contributed by atoms with van der Waals surface area (Å²) in [6.45, 7) is 3.34. The number of oxazole rings is 1. The quantitative estimate of drug-likeness (QED) is 0.436. The molecule has 1 saturated carbocycles. The third-order valence-corrected chi connectivity index (χ3v) is 6.00. The zero-order chi connectivity index (χ0) is 22.9. The van der Waals surface area contributed by atoms with E-state index in [0.717, 1.165) is 24.1 Å². The van der Waals surface area contributed by atoms with Gasteiger partial charge in [-0.2, -0.15) is 0 Å². The molecule has 2 N–H and O–H groups in total. The first-order chi connectivity index (χ1) is 16.0. The summed E-state index contributed by atoms with van der Waals surface area (Å²) < 4.78 is 11.4. The van der Waals surface area contributed by atoms with Crippen molar-refractivity contribution in [3.05, 3.63) is 77.5 Å². The van der Waals surface area contributed by atoms with E-state index in [2.05, 4.69) is 20.8 Å². The molecule has 33 heavy (non-hydrogen) atoms. The first-order valence-corrected chi connectivity index (χ1v) is 11.0. The van der Waals surface area contributed by atoms with Crippen molar-refractivity contribution in [2.75, 3.05) is 5.32 Å². The maximum absolute atomic E-state index is 12.4. The fourth-order valence-corrected chi connectivity index (χ4v) is 4.12. The second-order valence-corrected chi connectivity index (χ2v) is 8.50. The highest BCUT2D eigenvalue weighted by atomic mass is 16.5. The van der Waals surface area contributed by atoms with Crippen molar-refractivity contribution in [2.24, 2.45) is 0 Å². The fourth-order valence-electron chi connectivity index (χ4n) is 4.12. The number of rotatable bonds is 6. The average Bonchev–Trinajstić information content (AvgIpc) is 3.40. The van der Waals surface area contributed by atoms with E-state index in [4.69, 9.17) is 8.94 Å². The van der Waals surface area contributed by atoms with Crippen molar-refractivity contribution in [3.63, 3.8) is 0 Å². The summed E-state index contributed by atoms with van der Waals surface area (Å²) in [5, 5.41) is 9.88. The van der Waals surface area contributed by atoms with Gasteiger partial charge in [-0.05, 0) is 44.0 Å². The van der Waals surface area contributed by atoms with E-state index >= 15 is 0 Å². The SMILES string of the molecule is CC(=O)N[C@@H](C)c1cc(C2CC(c3nc4ccc(NC(=O)c5ccccc5)cc4o3)C2)no1. The summed E-state index contributed by atoms with van der Waals surface area (Å²) >= 11 is 0. The van der Waals surface area contributed by atoms with Gasteiger partial charge in [-0.3, -0.25) is 9.59 Å². The van der Waals surface area contributed by atoms with Gasteiger partial charge in [-0.25, -0.2) is 4.98 Å². The highest BCUT2D eigenvalue weighted by Crippen LogP contribution is 2.47. The molecule has 5 rings (SSSR count). The molecular formula is C25H24N4O4. The lowest BCUT2D eigenvalue weighted by atomic mass is 9.73. The van der Waals surface area contributed by atoms with E-state index in [1.54, 1.807) is 18.2 Å². The van der Waals surface area contributed by atoms with Gasteiger partial charge in [0.15, 0.2) is 17.2 Å². The maximum atomic E-state index is 12.4. The molecule has 8 nitrogen and oxygen atoms in total. The average molecular weight is 444 g/mol. The second-order valence-electron chi connectivity index (χ2n) is 8.50. The Morgan fingerprint density at radius 1 is 1.06 bits per heavy atom. The smallest absolute Gasteiger partial charge is 0.255 e. The Morgan fingerprint density at radius 3 is 2.61 bits per heavy atom. The molecule has 4 aromatic rings. The van der Waals surface area contributed by atoms with Gasteiger partial charge in [0.25, 0.3) is 5.91 Å². The van der Waals surface area contributed by atoms with E-state index in [1.807, 2.05) is 43.3 Å². The van der Waals surface area contributed by atoms with Crippen LogP contribution in [0, 0.1) is 0 Å². The number of aromatic nitrogens is 2. The van der Waals surface area contributed by atoms with E-state index < -0.39 is 0 Å². The highest BCUT2D eigenvalue weighted by molar-refractivity contribution is 6.04. The van der Waals surface area contributed by atoms with Gasteiger partial charge in [-0.1, -0.05) is 23.4 Å². The minimum atomic E-state index is -0.215. The Morgan fingerprint density at radius 2 is 1.85 bits per heavy atom. The zero-order valence-corrected chi connectivity index (χ0v) is 18.4. The number of anilines is 1. The number of hydrogen-bond donors (Lipinski definition) is 2. The molecule has 8 heteroatoms. The molecule has 0 radical (unpaired) electrons. The van der Waals surface area contributed by atoms with E-state index in [-0.39, 0.29) is 29.7 Å². The molecule has 0 bridgehead atoms. The van der Waals surface area contributed by atoms with Crippen LogP contribution in [0.4, 0.5) is 5.69 Å². The molecule has 0 saturated heterocycles. The largest absolute Gasteiger partial charge is 0.440 e. The lowest BCUT2D eigenvalue weighted by Gasteiger charge is -2.31. The Bertz CT molecular complexity index is 1300. The van der Waals surface area contributed by atoms with Crippen LogP contribution in [0.1, 0.15) is 72.3 Å². The minimum absolute atomic E-state index is 0.108. The normalized spacial score (nSPS) is 18.5. The standard InChI is InChI=1S/C25H24N4O4/c1-14(26-15(2)30)22-13-21(29-33-22)17-10-18(11-17)25-28-20-9-8-19(12-23(20)32-25)27-24(31)16-6-4-3-5-7-16/h3-9,12-14,17-18H,10-11H2,1-2H3,(H,26,30)(H,27,31)/t14-,17?,18?/m0/s1. The van der Waals surface area contributed by atoms with E-state index in [9.17, 15) is 9.59 Å². The molecule has 1 fully saturated rings. The van der Waals surface area contributed by atoms with E-state index in [1.165, 1.54) is 6.92 Å². The first-order valence-electron chi connectivity index (χ1n) is 11.0. The number of carbonyl (C=O) groups is 2. The maximum Gasteiger partial charge on any atom is 0.255 e. The van der Waals surface area contributed by atoms with Crippen LogP contribution in [-0.2, 0) is 4.79 Å². The molecular weight excluding hydrogens is 420 g/mol. The number of nitrogens with zero attached hydrogens (tertiary/aromatic N) is 2. The molecule has 2 aromatic heterocycles.